The predicted octanol–water partition coefficient (Wildman–Crippen LogP) is 5.12. The lowest BCUT2D eigenvalue weighted by Crippen LogP contribution is -2.35. The van der Waals surface area contributed by atoms with Crippen LogP contribution in [0.5, 0.6) is 5.75 Å². The number of para-hydroxylation sites is 1. The molecule has 1 aromatic heterocycles. The number of rotatable bonds is 7. The summed E-state index contributed by atoms with van der Waals surface area (Å²) in [5, 5.41) is 5.07. The minimum atomic E-state index is -0.284. The van der Waals surface area contributed by atoms with Gasteiger partial charge in [-0.25, -0.2) is 10.4 Å². The number of carbonyl (C=O) groups is 1. The first kappa shape index (κ1) is 25.6. The highest BCUT2D eigenvalue weighted by molar-refractivity contribution is 6.07. The molecular formula is C31H32N4O3. The molecule has 0 atom stereocenters. The van der Waals surface area contributed by atoms with E-state index in [-0.39, 0.29) is 5.91 Å². The Balaban J connectivity index is 1.39. The largest absolute Gasteiger partial charge is 0.496 e. The van der Waals surface area contributed by atoms with Crippen molar-refractivity contribution in [3.63, 3.8) is 0 Å². The average molecular weight is 509 g/mol. The molecule has 2 heterocycles. The van der Waals surface area contributed by atoms with Gasteiger partial charge in [-0.1, -0.05) is 35.9 Å². The van der Waals surface area contributed by atoms with Crippen molar-refractivity contribution in [1.82, 2.24) is 15.3 Å². The third kappa shape index (κ3) is 5.74. The van der Waals surface area contributed by atoms with Gasteiger partial charge < -0.3 is 9.47 Å². The number of hydrogen-bond acceptors (Lipinski definition) is 6. The number of ether oxygens (including phenoxy) is 2. The number of carbonyl (C=O) groups excluding carboxylic acids is 1. The van der Waals surface area contributed by atoms with Crippen LogP contribution in [0.2, 0.25) is 0 Å². The van der Waals surface area contributed by atoms with Crippen molar-refractivity contribution >= 4 is 23.0 Å². The number of nitrogens with one attached hydrogen (secondary N) is 1. The number of amides is 1. The number of morpholine rings is 1. The molecule has 4 aromatic rings. The normalized spacial score (nSPS) is 14.2. The summed E-state index contributed by atoms with van der Waals surface area (Å²) >= 11 is 0. The van der Waals surface area contributed by atoms with E-state index in [0.717, 1.165) is 83.0 Å². The van der Waals surface area contributed by atoms with Crippen molar-refractivity contribution in [3.05, 3.63) is 94.5 Å². The second-order valence-electron chi connectivity index (χ2n) is 9.55. The van der Waals surface area contributed by atoms with E-state index in [1.54, 1.807) is 13.3 Å². The summed E-state index contributed by atoms with van der Waals surface area (Å²) in [7, 11) is 1.68. The lowest BCUT2D eigenvalue weighted by atomic mass is 9.99. The monoisotopic (exact) mass is 508 g/mol. The Kier molecular flexibility index (Phi) is 7.77. The topological polar surface area (TPSA) is 76.0 Å². The number of pyridine rings is 1. The van der Waals surface area contributed by atoms with Crippen molar-refractivity contribution in [2.75, 3.05) is 33.4 Å². The highest BCUT2D eigenvalue weighted by Gasteiger charge is 2.16. The van der Waals surface area contributed by atoms with Gasteiger partial charge in [0.05, 0.1) is 43.3 Å². The summed E-state index contributed by atoms with van der Waals surface area (Å²) in [6.45, 7) is 8.14. The average Bonchev–Trinajstić information content (AvgIpc) is 2.94. The zero-order chi connectivity index (χ0) is 26.5. The fourth-order valence-electron chi connectivity index (χ4n) is 4.74. The van der Waals surface area contributed by atoms with Gasteiger partial charge in [-0.15, -0.1) is 0 Å². The summed E-state index contributed by atoms with van der Waals surface area (Å²) in [5.74, 6) is 0.549. The molecule has 0 aliphatic carbocycles. The summed E-state index contributed by atoms with van der Waals surface area (Å²) in [6, 6.07) is 21.7. The molecule has 5 rings (SSSR count). The van der Waals surface area contributed by atoms with Gasteiger partial charge in [-0.2, -0.15) is 5.10 Å². The third-order valence-electron chi connectivity index (χ3n) is 6.81. The second-order valence-corrected chi connectivity index (χ2v) is 9.55. The Hall–Kier alpha value is -4.07. The number of aromatic nitrogens is 1. The first-order valence-electron chi connectivity index (χ1n) is 12.8. The fraction of sp³-hybridized carbons (Fsp3) is 0.258. The summed E-state index contributed by atoms with van der Waals surface area (Å²) in [4.78, 5) is 20.5. The number of hydrazone groups is 1. The lowest BCUT2D eigenvalue weighted by molar-refractivity contribution is 0.0339. The van der Waals surface area contributed by atoms with Gasteiger partial charge in [0.15, 0.2) is 0 Å². The molecule has 3 aromatic carbocycles. The highest BCUT2D eigenvalue weighted by atomic mass is 16.5. The predicted molar refractivity (Wildman–Crippen MR) is 151 cm³/mol. The van der Waals surface area contributed by atoms with Gasteiger partial charge in [0.2, 0.25) is 0 Å². The first-order valence-corrected chi connectivity index (χ1v) is 12.8. The van der Waals surface area contributed by atoms with Gasteiger partial charge in [0, 0.05) is 36.1 Å². The van der Waals surface area contributed by atoms with E-state index < -0.39 is 0 Å². The summed E-state index contributed by atoms with van der Waals surface area (Å²) in [6.07, 6.45) is 1.66. The molecule has 7 heteroatoms. The van der Waals surface area contributed by atoms with E-state index in [0.29, 0.717) is 5.56 Å². The van der Waals surface area contributed by atoms with E-state index in [4.69, 9.17) is 14.5 Å². The van der Waals surface area contributed by atoms with Crippen LogP contribution in [-0.4, -0.2) is 55.4 Å². The SMILES string of the molecule is COc1ccc(C=NNC(=O)c2cc(-c3cc(C)ccc3C)nc3ccccc23)cc1CN1CCOCC1. The molecule has 1 fully saturated rings. The van der Waals surface area contributed by atoms with E-state index in [1.165, 1.54) is 0 Å². The smallest absolute Gasteiger partial charge is 0.272 e. The molecule has 38 heavy (non-hydrogen) atoms. The van der Waals surface area contributed by atoms with Crippen molar-refractivity contribution in [2.24, 2.45) is 5.10 Å². The minimum absolute atomic E-state index is 0.284. The van der Waals surface area contributed by atoms with Crippen molar-refractivity contribution < 1.29 is 14.3 Å². The van der Waals surface area contributed by atoms with Crippen LogP contribution in [0.4, 0.5) is 0 Å². The maximum absolute atomic E-state index is 13.3. The van der Waals surface area contributed by atoms with Crippen molar-refractivity contribution in [2.45, 2.75) is 20.4 Å². The molecule has 0 radical (unpaired) electrons. The maximum Gasteiger partial charge on any atom is 0.272 e. The van der Waals surface area contributed by atoms with Crippen LogP contribution in [-0.2, 0) is 11.3 Å². The number of aryl methyl sites for hydroxylation is 2. The van der Waals surface area contributed by atoms with E-state index in [1.807, 2.05) is 48.5 Å². The van der Waals surface area contributed by atoms with E-state index in [9.17, 15) is 4.79 Å². The standard InChI is InChI=1S/C31H32N4O3/c1-21-8-9-22(2)26(16-21)29-18-27(25-6-4-5-7-28(25)33-29)31(36)34-32-19-23-10-11-30(37-3)24(17-23)20-35-12-14-38-15-13-35/h4-11,16-19H,12-15,20H2,1-3H3,(H,34,36). The molecule has 1 aliphatic heterocycles. The van der Waals surface area contributed by atoms with Crippen LogP contribution in [0.1, 0.15) is 32.6 Å². The van der Waals surface area contributed by atoms with Crippen LogP contribution in [0, 0.1) is 13.8 Å². The van der Waals surface area contributed by atoms with Crippen LogP contribution in [0.15, 0.2) is 71.8 Å². The number of hydrogen-bond donors (Lipinski definition) is 1. The second kappa shape index (κ2) is 11.5. The summed E-state index contributed by atoms with van der Waals surface area (Å²) < 4.78 is 11.0. The molecule has 194 valence electrons. The third-order valence-corrected chi connectivity index (χ3v) is 6.81. The Labute approximate surface area is 223 Å². The molecule has 1 aliphatic rings. The first-order chi connectivity index (χ1) is 18.5. The van der Waals surface area contributed by atoms with E-state index >= 15 is 0 Å². The van der Waals surface area contributed by atoms with Crippen LogP contribution < -0.4 is 10.2 Å². The number of methoxy groups -OCH3 is 1. The zero-order valence-corrected chi connectivity index (χ0v) is 22.0. The van der Waals surface area contributed by atoms with Crippen LogP contribution in [0.3, 0.4) is 0 Å². The van der Waals surface area contributed by atoms with E-state index in [2.05, 4.69) is 47.5 Å². The Bertz CT molecular complexity index is 1490. The van der Waals surface area contributed by atoms with Gasteiger partial charge in [0.25, 0.3) is 5.91 Å². The zero-order valence-electron chi connectivity index (χ0n) is 22.0. The number of benzene rings is 3. The summed E-state index contributed by atoms with van der Waals surface area (Å²) in [5.41, 5.74) is 10.00. The number of nitrogens with zero attached hydrogens (tertiary/aromatic N) is 3. The molecular weight excluding hydrogens is 476 g/mol. The number of fused-ring (bicyclic) bond motifs is 1. The molecule has 0 saturated carbocycles. The Morgan fingerprint density at radius 1 is 1.08 bits per heavy atom. The molecule has 1 N–H and O–H groups in total. The van der Waals surface area contributed by atoms with Crippen LogP contribution >= 0.6 is 0 Å². The Morgan fingerprint density at radius 3 is 2.71 bits per heavy atom. The van der Waals surface area contributed by atoms with Gasteiger partial charge in [-0.05, 0) is 61.4 Å². The van der Waals surface area contributed by atoms with Crippen molar-refractivity contribution in [3.8, 4) is 17.0 Å². The Morgan fingerprint density at radius 2 is 1.89 bits per heavy atom. The molecule has 1 amide bonds. The highest BCUT2D eigenvalue weighted by Crippen LogP contribution is 2.28. The molecule has 0 unspecified atom stereocenters. The minimum Gasteiger partial charge on any atom is -0.496 e. The maximum atomic E-state index is 13.3. The molecule has 7 nitrogen and oxygen atoms in total. The molecule has 0 bridgehead atoms. The van der Waals surface area contributed by atoms with Gasteiger partial charge in [-0.3, -0.25) is 9.69 Å². The van der Waals surface area contributed by atoms with Gasteiger partial charge >= 0.3 is 0 Å². The van der Waals surface area contributed by atoms with Crippen LogP contribution in [0.25, 0.3) is 22.2 Å². The molecule has 1 saturated heterocycles. The fourth-order valence-corrected chi connectivity index (χ4v) is 4.74. The quantitative estimate of drug-likeness (QED) is 0.277. The van der Waals surface area contributed by atoms with Crippen molar-refractivity contribution in [1.29, 1.82) is 0 Å². The molecule has 0 spiro atoms. The lowest BCUT2D eigenvalue weighted by Gasteiger charge is -2.27. The van der Waals surface area contributed by atoms with Gasteiger partial charge in [0.1, 0.15) is 5.75 Å².